The number of hydrogen-bond acceptors (Lipinski definition) is 2. The van der Waals surface area contributed by atoms with Crippen LogP contribution in [0, 0.1) is 0 Å². The summed E-state index contributed by atoms with van der Waals surface area (Å²) in [5.41, 5.74) is 5.66. The maximum atomic E-state index is 6.25. The molecular weight excluding hydrogens is 300 g/mol. The van der Waals surface area contributed by atoms with Crippen LogP contribution in [0.15, 0.2) is 88.4 Å². The van der Waals surface area contributed by atoms with Gasteiger partial charge in [0.2, 0.25) is 0 Å². The highest BCUT2D eigenvalue weighted by atomic mass is 32.2. The summed E-state index contributed by atoms with van der Waals surface area (Å²) in [7, 11) is 0. The van der Waals surface area contributed by atoms with E-state index >= 15 is 0 Å². The lowest BCUT2D eigenvalue weighted by Gasteiger charge is -2.03. The van der Waals surface area contributed by atoms with Crippen molar-refractivity contribution in [1.29, 1.82) is 0 Å². The first-order valence-electron chi connectivity index (χ1n) is 7.59. The second-order valence-electron chi connectivity index (χ2n) is 5.38. The molecule has 0 radical (unpaired) electrons. The Balaban J connectivity index is 2.02. The maximum absolute atomic E-state index is 6.25. The van der Waals surface area contributed by atoms with Crippen molar-refractivity contribution in [3.8, 4) is 22.3 Å². The molecule has 0 atom stereocenters. The largest absolute Gasteiger partial charge is 0.449 e. The van der Waals surface area contributed by atoms with E-state index in [1.54, 1.807) is 11.8 Å². The van der Waals surface area contributed by atoms with E-state index in [1.165, 1.54) is 22.1 Å². The summed E-state index contributed by atoms with van der Waals surface area (Å²) in [6.07, 6.45) is 2.06. The van der Waals surface area contributed by atoms with Gasteiger partial charge in [0, 0.05) is 16.5 Å². The molecule has 1 aromatic heterocycles. The summed E-state index contributed by atoms with van der Waals surface area (Å²) in [6.45, 7) is 0. The number of hydrogen-bond donors (Lipinski definition) is 0. The fourth-order valence-corrected chi connectivity index (χ4v) is 3.56. The third-order valence-electron chi connectivity index (χ3n) is 4.02. The third-order valence-corrected chi connectivity index (χ3v) is 4.67. The summed E-state index contributed by atoms with van der Waals surface area (Å²) in [4.78, 5) is 0. The summed E-state index contributed by atoms with van der Waals surface area (Å²) in [6, 6.07) is 27.2. The summed E-state index contributed by atoms with van der Waals surface area (Å²) in [5, 5.41) is 2.14. The van der Waals surface area contributed by atoms with Crippen molar-refractivity contribution in [2.75, 3.05) is 6.26 Å². The molecule has 4 rings (SSSR count). The first-order chi connectivity index (χ1) is 11.4. The molecule has 0 N–H and O–H groups in total. The first kappa shape index (κ1) is 14.2. The zero-order valence-corrected chi connectivity index (χ0v) is 13.6. The minimum Gasteiger partial charge on any atom is -0.449 e. The lowest BCUT2D eigenvalue weighted by Crippen LogP contribution is -1.79. The number of rotatable bonds is 3. The molecule has 2 heteroatoms. The molecule has 112 valence electrons. The summed E-state index contributed by atoms with van der Waals surface area (Å²) in [5.74, 6) is 0. The number of para-hydroxylation sites is 1. The minimum atomic E-state index is 0.960. The van der Waals surface area contributed by atoms with E-state index in [0.717, 1.165) is 16.2 Å². The van der Waals surface area contributed by atoms with Gasteiger partial charge in [-0.15, -0.1) is 0 Å². The van der Waals surface area contributed by atoms with Gasteiger partial charge < -0.3 is 4.42 Å². The van der Waals surface area contributed by atoms with Gasteiger partial charge >= 0.3 is 0 Å². The zero-order valence-electron chi connectivity index (χ0n) is 12.8. The molecule has 0 aliphatic heterocycles. The highest BCUT2D eigenvalue weighted by molar-refractivity contribution is 7.98. The van der Waals surface area contributed by atoms with E-state index < -0.39 is 0 Å². The van der Waals surface area contributed by atoms with E-state index in [2.05, 4.69) is 73.0 Å². The Hall–Kier alpha value is -2.45. The van der Waals surface area contributed by atoms with Crippen molar-refractivity contribution in [1.82, 2.24) is 0 Å². The Morgan fingerprint density at radius 1 is 0.696 bits per heavy atom. The van der Waals surface area contributed by atoms with Gasteiger partial charge in [-0.2, -0.15) is 0 Å². The predicted molar refractivity (Wildman–Crippen MR) is 98.9 cm³/mol. The van der Waals surface area contributed by atoms with Crippen molar-refractivity contribution in [3.63, 3.8) is 0 Å². The molecule has 0 fully saturated rings. The zero-order chi connectivity index (χ0) is 15.6. The van der Waals surface area contributed by atoms with Crippen LogP contribution >= 0.6 is 11.8 Å². The number of benzene rings is 3. The molecule has 0 saturated carbocycles. The van der Waals surface area contributed by atoms with Crippen LogP contribution in [0.4, 0.5) is 0 Å². The Morgan fingerprint density at radius 2 is 1.35 bits per heavy atom. The maximum Gasteiger partial charge on any atom is 0.169 e. The smallest absolute Gasteiger partial charge is 0.169 e. The molecule has 1 nitrogen and oxygen atoms in total. The van der Waals surface area contributed by atoms with Gasteiger partial charge in [-0.25, -0.2) is 0 Å². The van der Waals surface area contributed by atoms with Gasteiger partial charge in [0.05, 0.1) is 0 Å². The van der Waals surface area contributed by atoms with Crippen LogP contribution in [0.1, 0.15) is 0 Å². The van der Waals surface area contributed by atoms with E-state index in [-0.39, 0.29) is 0 Å². The summed E-state index contributed by atoms with van der Waals surface area (Å²) >= 11 is 1.65. The van der Waals surface area contributed by atoms with Crippen LogP contribution < -0.4 is 0 Å². The molecule has 0 unspecified atom stereocenters. The second kappa shape index (κ2) is 5.98. The third kappa shape index (κ3) is 2.45. The average Bonchev–Trinajstić information content (AvgIpc) is 3.02. The lowest BCUT2D eigenvalue weighted by molar-refractivity contribution is 0.519. The Bertz CT molecular complexity index is 940. The van der Waals surface area contributed by atoms with E-state index in [4.69, 9.17) is 4.42 Å². The van der Waals surface area contributed by atoms with Crippen molar-refractivity contribution in [2.24, 2.45) is 0 Å². The van der Waals surface area contributed by atoms with E-state index in [0.29, 0.717) is 0 Å². The predicted octanol–water partition coefficient (Wildman–Crippen LogP) is 6.49. The molecule has 0 spiro atoms. The van der Waals surface area contributed by atoms with E-state index in [9.17, 15) is 0 Å². The quantitative estimate of drug-likeness (QED) is 0.401. The van der Waals surface area contributed by atoms with Gasteiger partial charge in [0.1, 0.15) is 5.58 Å². The van der Waals surface area contributed by atoms with Crippen molar-refractivity contribution in [3.05, 3.63) is 78.9 Å². The van der Waals surface area contributed by atoms with Gasteiger partial charge in [-0.05, 0) is 17.4 Å². The van der Waals surface area contributed by atoms with Crippen LogP contribution in [-0.4, -0.2) is 6.26 Å². The first-order valence-corrected chi connectivity index (χ1v) is 8.81. The van der Waals surface area contributed by atoms with Gasteiger partial charge in [-0.3, -0.25) is 0 Å². The van der Waals surface area contributed by atoms with Gasteiger partial charge in [0.15, 0.2) is 5.09 Å². The topological polar surface area (TPSA) is 13.1 Å². The monoisotopic (exact) mass is 316 g/mol. The minimum absolute atomic E-state index is 0.960. The van der Waals surface area contributed by atoms with Gasteiger partial charge in [0.25, 0.3) is 0 Å². The standard InChI is InChI=1S/C21H16OS/c1-23-21-19(16-11-6-3-7-12-16)18-14-8-13-17(20(18)22-21)15-9-4-2-5-10-15/h2-14H,1H3. The number of furan rings is 1. The highest BCUT2D eigenvalue weighted by Gasteiger charge is 2.17. The molecule has 0 saturated heterocycles. The van der Waals surface area contributed by atoms with Crippen LogP contribution in [0.2, 0.25) is 0 Å². The van der Waals surface area contributed by atoms with Crippen molar-refractivity contribution in [2.45, 2.75) is 5.09 Å². The fraction of sp³-hybridized carbons (Fsp3) is 0.0476. The Kier molecular flexibility index (Phi) is 3.68. The van der Waals surface area contributed by atoms with Gasteiger partial charge in [-0.1, -0.05) is 90.6 Å². The molecule has 0 aliphatic rings. The normalized spacial score (nSPS) is 11.0. The molecule has 0 amide bonds. The molecule has 0 aliphatic carbocycles. The highest BCUT2D eigenvalue weighted by Crippen LogP contribution is 2.42. The van der Waals surface area contributed by atoms with Crippen LogP contribution in [0.5, 0.6) is 0 Å². The Morgan fingerprint density at radius 3 is 2.00 bits per heavy atom. The summed E-state index contributed by atoms with van der Waals surface area (Å²) < 4.78 is 6.25. The van der Waals surface area contributed by atoms with Crippen LogP contribution in [0.3, 0.4) is 0 Å². The van der Waals surface area contributed by atoms with E-state index in [1.807, 2.05) is 12.1 Å². The molecule has 23 heavy (non-hydrogen) atoms. The molecule has 4 aromatic rings. The second-order valence-corrected chi connectivity index (χ2v) is 6.16. The number of fused-ring (bicyclic) bond motifs is 1. The number of thioether (sulfide) groups is 1. The fourth-order valence-electron chi connectivity index (χ4n) is 2.96. The lowest BCUT2D eigenvalue weighted by atomic mass is 10.00. The molecule has 3 aromatic carbocycles. The molecular formula is C21H16OS. The van der Waals surface area contributed by atoms with Crippen molar-refractivity contribution >= 4 is 22.7 Å². The van der Waals surface area contributed by atoms with Crippen LogP contribution in [-0.2, 0) is 0 Å². The molecule has 0 bridgehead atoms. The van der Waals surface area contributed by atoms with Crippen LogP contribution in [0.25, 0.3) is 33.2 Å². The molecule has 1 heterocycles. The SMILES string of the molecule is CSc1oc2c(-c3ccccc3)cccc2c1-c1ccccc1. The Labute approximate surface area is 140 Å². The van der Waals surface area contributed by atoms with Crippen molar-refractivity contribution < 1.29 is 4.42 Å². The average molecular weight is 316 g/mol.